The fourth-order valence-electron chi connectivity index (χ4n) is 2.10. The second kappa shape index (κ2) is 25.1. The van der Waals surface area contributed by atoms with Gasteiger partial charge in [0.05, 0.1) is 6.61 Å². The van der Waals surface area contributed by atoms with Crippen LogP contribution in [0.1, 0.15) is 67.4 Å². The second-order valence-electron chi connectivity index (χ2n) is 7.45. The van der Waals surface area contributed by atoms with E-state index in [4.69, 9.17) is 16.7 Å². The molecule has 0 radical (unpaired) electrons. The van der Waals surface area contributed by atoms with Gasteiger partial charge in [0, 0.05) is 44.2 Å². The standard InChI is InChI=1S/C9H9ClO.C7H16N2O.C5H10.C3H8.C2H6/c1-7(11)6-8-2-4-9(10)5-3-8;1-8-2-4-9(5-3-8)6-7-10;1-4-5(2)3;1-3-2;1-2/h2-5H,6H2,1H3;10H,2-7H2,1H3;4H,1-3H3;3H2,1-2H3;1-2H3. The van der Waals surface area contributed by atoms with Crippen LogP contribution in [0.15, 0.2) is 35.9 Å². The lowest BCUT2D eigenvalue weighted by atomic mass is 10.1. The summed E-state index contributed by atoms with van der Waals surface area (Å²) < 4.78 is 0. The van der Waals surface area contributed by atoms with Crippen LogP contribution in [-0.4, -0.2) is 67.1 Å². The zero-order valence-electron chi connectivity index (χ0n) is 21.7. The van der Waals surface area contributed by atoms with Gasteiger partial charge in [-0.05, 0) is 52.4 Å². The monoisotopic (exact) mass is 456 g/mol. The van der Waals surface area contributed by atoms with Crippen LogP contribution < -0.4 is 0 Å². The largest absolute Gasteiger partial charge is 0.395 e. The van der Waals surface area contributed by atoms with Gasteiger partial charge in [0.25, 0.3) is 0 Å². The van der Waals surface area contributed by atoms with Crippen molar-refractivity contribution in [3.63, 3.8) is 0 Å². The minimum atomic E-state index is 0.173. The fraction of sp³-hybridized carbons (Fsp3) is 0.654. The SMILES string of the molecule is CC.CC(=O)Cc1ccc(Cl)cc1.CC=C(C)C.CCC.CN1CCN(CCO)CC1. The highest BCUT2D eigenvalue weighted by atomic mass is 35.5. The van der Waals surface area contributed by atoms with Crippen LogP contribution in [0.25, 0.3) is 0 Å². The van der Waals surface area contributed by atoms with Gasteiger partial charge in [-0.25, -0.2) is 0 Å². The van der Waals surface area contributed by atoms with Crippen LogP contribution in [0.4, 0.5) is 0 Å². The van der Waals surface area contributed by atoms with Crippen LogP contribution in [0.2, 0.25) is 5.02 Å². The van der Waals surface area contributed by atoms with Gasteiger partial charge < -0.3 is 10.0 Å². The Morgan fingerprint density at radius 2 is 1.45 bits per heavy atom. The highest BCUT2D eigenvalue weighted by Crippen LogP contribution is 2.09. The van der Waals surface area contributed by atoms with Crippen LogP contribution >= 0.6 is 11.6 Å². The summed E-state index contributed by atoms with van der Waals surface area (Å²) in [5, 5.41) is 9.33. The summed E-state index contributed by atoms with van der Waals surface area (Å²) in [6, 6.07) is 7.31. The van der Waals surface area contributed by atoms with E-state index in [1.165, 1.54) is 12.0 Å². The Balaban J connectivity index is -0.000000360. The van der Waals surface area contributed by atoms with Crippen molar-refractivity contribution in [2.45, 2.75) is 68.2 Å². The molecule has 1 aliphatic heterocycles. The Labute approximate surface area is 198 Å². The Kier molecular flexibility index (Phi) is 27.8. The normalized spacial score (nSPS) is 12.9. The molecule has 0 spiro atoms. The maximum absolute atomic E-state index is 10.7. The van der Waals surface area contributed by atoms with Crippen LogP contribution in [0.3, 0.4) is 0 Å². The van der Waals surface area contributed by atoms with Crippen LogP contribution in [0, 0.1) is 0 Å². The molecule has 0 atom stereocenters. The highest BCUT2D eigenvalue weighted by molar-refractivity contribution is 6.30. The Morgan fingerprint density at radius 3 is 1.77 bits per heavy atom. The first-order valence-corrected chi connectivity index (χ1v) is 11.9. The van der Waals surface area contributed by atoms with Gasteiger partial charge in [0.2, 0.25) is 0 Å². The van der Waals surface area contributed by atoms with Crippen molar-refractivity contribution in [3.05, 3.63) is 46.5 Å². The highest BCUT2D eigenvalue weighted by Gasteiger charge is 2.11. The van der Waals surface area contributed by atoms with E-state index < -0.39 is 0 Å². The first-order valence-electron chi connectivity index (χ1n) is 11.5. The number of likely N-dealkylation sites (N-methyl/N-ethyl adjacent to an activating group) is 1. The number of piperazine rings is 1. The number of β-amino-alcohol motifs (C(OH)–C–C–N with tert-alkyl or cyclic N) is 1. The number of aliphatic hydroxyl groups excluding tert-OH is 1. The quantitative estimate of drug-likeness (QED) is 0.555. The maximum atomic E-state index is 10.7. The number of nitrogens with zero attached hydrogens (tertiary/aromatic N) is 2. The van der Waals surface area contributed by atoms with Crippen molar-refractivity contribution < 1.29 is 9.90 Å². The number of hydrogen-bond donors (Lipinski definition) is 1. The van der Waals surface area contributed by atoms with Crippen LogP contribution in [0.5, 0.6) is 0 Å². The topological polar surface area (TPSA) is 43.8 Å². The maximum Gasteiger partial charge on any atom is 0.134 e. The van der Waals surface area contributed by atoms with Gasteiger partial charge in [-0.3, -0.25) is 9.69 Å². The van der Waals surface area contributed by atoms with Crippen molar-refractivity contribution in [1.29, 1.82) is 0 Å². The predicted octanol–water partition coefficient (Wildman–Crippen LogP) is 6.11. The summed E-state index contributed by atoms with van der Waals surface area (Å²) in [6.45, 7) is 21.7. The van der Waals surface area contributed by atoms with Crippen molar-refractivity contribution in [1.82, 2.24) is 9.80 Å². The summed E-state index contributed by atoms with van der Waals surface area (Å²) in [5.74, 6) is 0.173. The molecular weight excluding hydrogens is 408 g/mol. The van der Waals surface area contributed by atoms with Gasteiger partial charge in [0.15, 0.2) is 0 Å². The number of carbonyl (C=O) groups is 1. The third-order valence-corrected chi connectivity index (χ3v) is 4.21. The minimum absolute atomic E-state index is 0.173. The molecular formula is C26H49ClN2O2. The Morgan fingerprint density at radius 1 is 1.03 bits per heavy atom. The second-order valence-corrected chi connectivity index (χ2v) is 7.88. The summed E-state index contributed by atoms with van der Waals surface area (Å²) >= 11 is 5.66. The number of ketones is 1. The molecule has 2 rings (SSSR count). The van der Waals surface area contributed by atoms with Gasteiger partial charge >= 0.3 is 0 Å². The zero-order chi connectivity index (χ0) is 24.7. The van der Waals surface area contributed by atoms with Crippen molar-refractivity contribution in [2.24, 2.45) is 0 Å². The third-order valence-electron chi connectivity index (χ3n) is 3.96. The predicted molar refractivity (Wildman–Crippen MR) is 139 cm³/mol. The van der Waals surface area contributed by atoms with E-state index in [0.717, 1.165) is 38.3 Å². The van der Waals surface area contributed by atoms with Crippen molar-refractivity contribution >= 4 is 17.4 Å². The number of aliphatic hydroxyl groups is 1. The molecule has 31 heavy (non-hydrogen) atoms. The Hall–Kier alpha value is -1.20. The molecule has 0 bridgehead atoms. The number of hydrogen-bond acceptors (Lipinski definition) is 4. The molecule has 1 aromatic carbocycles. The molecule has 182 valence electrons. The number of Topliss-reactive ketones (excluding diaryl/α,β-unsaturated/α-hetero) is 1. The fourth-order valence-corrected chi connectivity index (χ4v) is 2.23. The molecule has 0 saturated carbocycles. The molecule has 0 unspecified atom stereocenters. The number of benzene rings is 1. The van der Waals surface area contributed by atoms with E-state index in [1.54, 1.807) is 19.1 Å². The lowest BCUT2D eigenvalue weighted by Gasteiger charge is -2.31. The average Bonchev–Trinajstić information content (AvgIpc) is 2.74. The minimum Gasteiger partial charge on any atom is -0.395 e. The molecule has 1 heterocycles. The number of allylic oxidation sites excluding steroid dienone is 2. The van der Waals surface area contributed by atoms with E-state index in [1.807, 2.05) is 32.9 Å². The lowest BCUT2D eigenvalue weighted by Crippen LogP contribution is -2.45. The molecule has 1 saturated heterocycles. The molecule has 0 aliphatic carbocycles. The third kappa shape index (κ3) is 26.8. The van der Waals surface area contributed by atoms with Gasteiger partial charge in [-0.2, -0.15) is 0 Å². The average molecular weight is 457 g/mol. The summed E-state index contributed by atoms with van der Waals surface area (Å²) in [5.41, 5.74) is 2.40. The smallest absolute Gasteiger partial charge is 0.134 e. The summed E-state index contributed by atoms with van der Waals surface area (Å²) in [7, 11) is 2.14. The number of carbonyl (C=O) groups excluding carboxylic acids is 1. The Bertz CT molecular complexity index is 533. The van der Waals surface area contributed by atoms with E-state index in [9.17, 15) is 4.79 Å². The van der Waals surface area contributed by atoms with Crippen molar-refractivity contribution in [2.75, 3.05) is 46.4 Å². The first-order chi connectivity index (χ1) is 14.7. The molecule has 1 N–H and O–H groups in total. The van der Waals surface area contributed by atoms with Crippen LogP contribution in [-0.2, 0) is 11.2 Å². The molecule has 0 aromatic heterocycles. The summed E-state index contributed by atoms with van der Waals surface area (Å²) in [4.78, 5) is 15.3. The molecule has 1 aliphatic rings. The van der Waals surface area contributed by atoms with E-state index in [-0.39, 0.29) is 5.78 Å². The van der Waals surface area contributed by atoms with Gasteiger partial charge in [0.1, 0.15) is 5.78 Å². The van der Waals surface area contributed by atoms with E-state index in [2.05, 4.69) is 50.6 Å². The molecule has 4 nitrogen and oxygen atoms in total. The molecule has 0 amide bonds. The zero-order valence-corrected chi connectivity index (χ0v) is 22.4. The van der Waals surface area contributed by atoms with Crippen molar-refractivity contribution in [3.8, 4) is 0 Å². The summed E-state index contributed by atoms with van der Waals surface area (Å²) in [6.07, 6.45) is 3.83. The lowest BCUT2D eigenvalue weighted by molar-refractivity contribution is -0.116. The molecule has 5 heteroatoms. The number of rotatable bonds is 4. The van der Waals surface area contributed by atoms with Gasteiger partial charge in [-0.1, -0.05) is 69.5 Å². The van der Waals surface area contributed by atoms with E-state index in [0.29, 0.717) is 18.1 Å². The van der Waals surface area contributed by atoms with Gasteiger partial charge in [-0.15, -0.1) is 0 Å². The van der Waals surface area contributed by atoms with E-state index >= 15 is 0 Å². The molecule has 1 fully saturated rings. The first kappa shape index (κ1) is 34.4. The number of halogens is 1. The molecule has 1 aromatic rings.